The first-order valence-corrected chi connectivity index (χ1v) is 6.16. The standard InChI is InChI=1S/C15H16NO/c1-12-4-9-15(17-12)13-5-7-14(8-6-13)16-10-2-3-11-16/h5-9H,2-3,10-11H2,1H3. The highest BCUT2D eigenvalue weighted by molar-refractivity contribution is 5.62. The van der Waals surface area contributed by atoms with Crippen LogP contribution in [0.5, 0.6) is 0 Å². The molecule has 1 saturated heterocycles. The maximum atomic E-state index is 5.57. The molecule has 2 aromatic rings. The largest absolute Gasteiger partial charge is 0.461 e. The summed E-state index contributed by atoms with van der Waals surface area (Å²) in [5, 5.41) is 0. The zero-order chi connectivity index (χ0) is 11.7. The van der Waals surface area contributed by atoms with Crippen molar-refractivity contribution < 1.29 is 4.42 Å². The van der Waals surface area contributed by atoms with E-state index in [1.807, 2.05) is 13.0 Å². The van der Waals surface area contributed by atoms with Gasteiger partial charge in [0.25, 0.3) is 0 Å². The first-order chi connectivity index (χ1) is 8.33. The molecule has 1 radical (unpaired) electrons. The highest BCUT2D eigenvalue weighted by Gasteiger charge is 2.12. The van der Waals surface area contributed by atoms with Crippen molar-refractivity contribution in [2.45, 2.75) is 19.8 Å². The Bertz CT molecular complexity index is 492. The highest BCUT2D eigenvalue weighted by Crippen LogP contribution is 2.26. The Morgan fingerprint density at radius 3 is 2.41 bits per heavy atom. The van der Waals surface area contributed by atoms with Crippen molar-refractivity contribution in [1.82, 2.24) is 0 Å². The Balaban J connectivity index is 1.84. The molecular formula is C15H16NO. The van der Waals surface area contributed by atoms with Crippen LogP contribution in [0.25, 0.3) is 11.3 Å². The highest BCUT2D eigenvalue weighted by atomic mass is 16.3. The van der Waals surface area contributed by atoms with Crippen LogP contribution in [0.2, 0.25) is 0 Å². The summed E-state index contributed by atoms with van der Waals surface area (Å²) in [5.41, 5.74) is 2.44. The van der Waals surface area contributed by atoms with E-state index in [2.05, 4.69) is 35.2 Å². The summed E-state index contributed by atoms with van der Waals surface area (Å²) in [6.07, 6.45) is 2.63. The molecule has 0 atom stereocenters. The summed E-state index contributed by atoms with van der Waals surface area (Å²) in [6.45, 7) is 4.29. The number of furan rings is 1. The van der Waals surface area contributed by atoms with E-state index in [1.165, 1.54) is 31.6 Å². The normalized spacial score (nSPS) is 15.5. The second kappa shape index (κ2) is 4.28. The summed E-state index contributed by atoms with van der Waals surface area (Å²) in [5.74, 6) is 1.74. The van der Waals surface area contributed by atoms with Gasteiger partial charge in [0, 0.05) is 30.4 Å². The van der Waals surface area contributed by atoms with E-state index in [-0.39, 0.29) is 0 Å². The maximum Gasteiger partial charge on any atom is 0.134 e. The van der Waals surface area contributed by atoms with Gasteiger partial charge in [-0.1, -0.05) is 0 Å². The lowest BCUT2D eigenvalue weighted by Gasteiger charge is -2.17. The Labute approximate surface area is 102 Å². The summed E-state index contributed by atoms with van der Waals surface area (Å²) in [6, 6.07) is 13.6. The fourth-order valence-corrected chi connectivity index (χ4v) is 2.35. The molecular weight excluding hydrogens is 210 g/mol. The van der Waals surface area contributed by atoms with Crippen LogP contribution in [0.3, 0.4) is 0 Å². The molecule has 1 fully saturated rings. The van der Waals surface area contributed by atoms with Gasteiger partial charge in [-0.05, 0) is 50.1 Å². The molecule has 87 valence electrons. The molecule has 2 nitrogen and oxygen atoms in total. The monoisotopic (exact) mass is 226 g/mol. The van der Waals surface area contributed by atoms with Gasteiger partial charge < -0.3 is 9.32 Å². The molecule has 0 amide bonds. The lowest BCUT2D eigenvalue weighted by Crippen LogP contribution is -2.17. The van der Waals surface area contributed by atoms with E-state index in [9.17, 15) is 0 Å². The minimum Gasteiger partial charge on any atom is -0.461 e. The molecule has 2 heteroatoms. The van der Waals surface area contributed by atoms with Gasteiger partial charge in [0.2, 0.25) is 0 Å². The second-order valence-electron chi connectivity index (χ2n) is 4.55. The van der Waals surface area contributed by atoms with Crippen molar-refractivity contribution in [2.24, 2.45) is 0 Å². The average molecular weight is 226 g/mol. The maximum absolute atomic E-state index is 5.57. The fraction of sp³-hybridized carbons (Fsp3) is 0.333. The number of rotatable bonds is 2. The van der Waals surface area contributed by atoms with Crippen LogP contribution >= 0.6 is 0 Å². The predicted octanol–water partition coefficient (Wildman–Crippen LogP) is 3.66. The van der Waals surface area contributed by atoms with Crippen molar-refractivity contribution in [1.29, 1.82) is 0 Å². The van der Waals surface area contributed by atoms with Gasteiger partial charge in [-0.2, -0.15) is 0 Å². The van der Waals surface area contributed by atoms with E-state index >= 15 is 0 Å². The van der Waals surface area contributed by atoms with Gasteiger partial charge >= 0.3 is 0 Å². The van der Waals surface area contributed by atoms with E-state index < -0.39 is 0 Å². The summed E-state index contributed by atoms with van der Waals surface area (Å²) >= 11 is 0. The van der Waals surface area contributed by atoms with Crippen LogP contribution in [0, 0.1) is 13.0 Å². The molecule has 1 aliphatic heterocycles. The first kappa shape index (κ1) is 10.5. The predicted molar refractivity (Wildman–Crippen MR) is 69.2 cm³/mol. The van der Waals surface area contributed by atoms with Gasteiger partial charge in [-0.15, -0.1) is 0 Å². The third-order valence-electron chi connectivity index (χ3n) is 3.29. The van der Waals surface area contributed by atoms with Gasteiger partial charge in [0.05, 0.1) is 0 Å². The van der Waals surface area contributed by atoms with Crippen molar-refractivity contribution in [3.05, 3.63) is 42.2 Å². The number of nitrogens with zero attached hydrogens (tertiary/aromatic N) is 1. The Hall–Kier alpha value is -1.70. The SMILES string of the molecule is Cc1[c]cc(-c2ccc(N3CCCC3)cc2)o1. The molecule has 1 aliphatic rings. The third kappa shape index (κ3) is 2.07. The lowest BCUT2D eigenvalue weighted by molar-refractivity contribution is 0.547. The molecule has 0 aliphatic carbocycles. The zero-order valence-electron chi connectivity index (χ0n) is 10.1. The number of hydrogen-bond donors (Lipinski definition) is 0. The number of anilines is 1. The lowest BCUT2D eigenvalue weighted by atomic mass is 10.1. The summed E-state index contributed by atoms with van der Waals surface area (Å²) in [7, 11) is 0. The second-order valence-corrected chi connectivity index (χ2v) is 4.55. The van der Waals surface area contributed by atoms with Crippen molar-refractivity contribution in [3.63, 3.8) is 0 Å². The molecule has 0 unspecified atom stereocenters. The topological polar surface area (TPSA) is 16.4 Å². The summed E-state index contributed by atoms with van der Waals surface area (Å²) in [4.78, 5) is 2.43. The molecule has 0 N–H and O–H groups in total. The molecule has 0 saturated carbocycles. The van der Waals surface area contributed by atoms with Crippen LogP contribution in [0.4, 0.5) is 5.69 Å². The Kier molecular flexibility index (Phi) is 2.63. The number of aryl methyl sites for hydroxylation is 1. The molecule has 1 aromatic carbocycles. The van der Waals surface area contributed by atoms with Crippen molar-refractivity contribution in [3.8, 4) is 11.3 Å². The molecule has 3 rings (SSSR count). The van der Waals surface area contributed by atoms with E-state index in [1.54, 1.807) is 0 Å². The minimum atomic E-state index is 0.837. The zero-order valence-corrected chi connectivity index (χ0v) is 10.1. The first-order valence-electron chi connectivity index (χ1n) is 6.16. The minimum absolute atomic E-state index is 0.837. The van der Waals surface area contributed by atoms with Gasteiger partial charge in [-0.25, -0.2) is 0 Å². The molecule has 17 heavy (non-hydrogen) atoms. The van der Waals surface area contributed by atoms with Crippen LogP contribution in [-0.4, -0.2) is 13.1 Å². The molecule has 0 spiro atoms. The average Bonchev–Trinajstić information content (AvgIpc) is 3.00. The van der Waals surface area contributed by atoms with Crippen molar-refractivity contribution >= 4 is 5.69 Å². The van der Waals surface area contributed by atoms with E-state index in [4.69, 9.17) is 4.42 Å². The van der Waals surface area contributed by atoms with Crippen LogP contribution in [0.1, 0.15) is 18.6 Å². The quantitative estimate of drug-likeness (QED) is 0.777. The number of hydrogen-bond acceptors (Lipinski definition) is 2. The van der Waals surface area contributed by atoms with Crippen LogP contribution in [-0.2, 0) is 0 Å². The number of benzene rings is 1. The molecule has 0 bridgehead atoms. The molecule has 1 aromatic heterocycles. The van der Waals surface area contributed by atoms with Crippen LogP contribution in [0.15, 0.2) is 34.7 Å². The summed E-state index contributed by atoms with van der Waals surface area (Å²) < 4.78 is 5.57. The fourth-order valence-electron chi connectivity index (χ4n) is 2.35. The van der Waals surface area contributed by atoms with Gasteiger partial charge in [0.1, 0.15) is 11.5 Å². The smallest absolute Gasteiger partial charge is 0.134 e. The Morgan fingerprint density at radius 1 is 1.12 bits per heavy atom. The molecule has 2 heterocycles. The van der Waals surface area contributed by atoms with Crippen LogP contribution < -0.4 is 4.90 Å². The third-order valence-corrected chi connectivity index (χ3v) is 3.29. The van der Waals surface area contributed by atoms with E-state index in [0.29, 0.717) is 0 Å². The van der Waals surface area contributed by atoms with E-state index in [0.717, 1.165) is 17.1 Å². The van der Waals surface area contributed by atoms with Crippen molar-refractivity contribution in [2.75, 3.05) is 18.0 Å². The van der Waals surface area contributed by atoms with Gasteiger partial charge in [0.15, 0.2) is 0 Å². The van der Waals surface area contributed by atoms with Gasteiger partial charge in [-0.3, -0.25) is 0 Å². The Morgan fingerprint density at radius 2 is 1.82 bits per heavy atom.